The molecule has 1 N–H and O–H groups in total. The molecule has 2 atom stereocenters. The van der Waals surface area contributed by atoms with Crippen LogP contribution >= 0.6 is 0 Å². The van der Waals surface area contributed by atoms with Crippen LogP contribution in [0.4, 0.5) is 0 Å². The summed E-state index contributed by atoms with van der Waals surface area (Å²) in [6, 6.07) is 7.18. The van der Waals surface area contributed by atoms with E-state index in [-0.39, 0.29) is 23.9 Å². The summed E-state index contributed by atoms with van der Waals surface area (Å²) in [5.41, 5.74) is -0.326. The van der Waals surface area contributed by atoms with Gasteiger partial charge in [0.25, 0.3) is 0 Å². The van der Waals surface area contributed by atoms with Crippen LogP contribution in [-0.4, -0.2) is 53.8 Å². The van der Waals surface area contributed by atoms with E-state index in [4.69, 9.17) is 4.74 Å². The van der Waals surface area contributed by atoms with Crippen molar-refractivity contribution in [3.05, 3.63) is 36.7 Å². The number of benzene rings is 1. The molecule has 4 rings (SSSR count). The van der Waals surface area contributed by atoms with Gasteiger partial charge in [0.05, 0.1) is 24.9 Å². The molecule has 0 bridgehead atoms. The molecular weight excluding hydrogens is 370 g/mol. The van der Waals surface area contributed by atoms with Crippen LogP contribution in [0.1, 0.15) is 19.3 Å². The van der Waals surface area contributed by atoms with Crippen molar-refractivity contribution in [2.24, 2.45) is 11.3 Å². The average molecular weight is 391 g/mol. The predicted molar refractivity (Wildman–Crippen MR) is 96.3 cm³/mol. The van der Waals surface area contributed by atoms with Gasteiger partial charge in [-0.25, -0.2) is 13.1 Å². The standard InChI is InChI=1S/C18H21N3O5S/c1-26-16-7-3-2-6-15(16)21-11-14(9-19-21)27(24,25)20-10-13-5-4-8-18(13,12-20)17(22)23/h2-3,6-7,9,11,13H,4-5,8,10,12H2,1H3,(H,22,23)/t13-,18+/m0/s1. The molecule has 2 fully saturated rings. The summed E-state index contributed by atoms with van der Waals surface area (Å²) in [5.74, 6) is -0.452. The summed E-state index contributed by atoms with van der Waals surface area (Å²) >= 11 is 0. The van der Waals surface area contributed by atoms with Gasteiger partial charge in [-0.2, -0.15) is 9.40 Å². The normalized spacial score (nSPS) is 25.4. The maximum atomic E-state index is 13.1. The maximum absolute atomic E-state index is 13.1. The number of methoxy groups -OCH3 is 1. The number of sulfonamides is 1. The SMILES string of the molecule is COc1ccccc1-n1cc(S(=O)(=O)N2C[C@@H]3CCC[C@@]3(C(=O)O)C2)cn1. The van der Waals surface area contributed by atoms with E-state index in [0.29, 0.717) is 17.9 Å². The van der Waals surface area contributed by atoms with Crippen LogP contribution in [0, 0.1) is 11.3 Å². The van der Waals surface area contributed by atoms with Crippen LogP contribution in [0.15, 0.2) is 41.6 Å². The molecule has 0 unspecified atom stereocenters. The van der Waals surface area contributed by atoms with Crippen molar-refractivity contribution in [2.45, 2.75) is 24.2 Å². The van der Waals surface area contributed by atoms with E-state index >= 15 is 0 Å². The zero-order valence-corrected chi connectivity index (χ0v) is 15.7. The number of rotatable bonds is 5. The third-order valence-electron chi connectivity index (χ3n) is 5.79. The second-order valence-corrected chi connectivity index (χ2v) is 9.08. The molecule has 1 saturated carbocycles. The molecule has 2 heterocycles. The average Bonchev–Trinajstić information content (AvgIpc) is 3.35. The Bertz CT molecular complexity index is 986. The highest BCUT2D eigenvalue weighted by atomic mass is 32.2. The Morgan fingerprint density at radius 2 is 2.15 bits per heavy atom. The number of carboxylic acid groups (broad SMARTS) is 1. The number of hydrogen-bond acceptors (Lipinski definition) is 5. The van der Waals surface area contributed by atoms with Crippen molar-refractivity contribution in [3.63, 3.8) is 0 Å². The van der Waals surface area contributed by atoms with Gasteiger partial charge in [-0.3, -0.25) is 4.79 Å². The van der Waals surface area contributed by atoms with Gasteiger partial charge in [0.2, 0.25) is 10.0 Å². The molecule has 1 aliphatic heterocycles. The first kappa shape index (κ1) is 18.0. The predicted octanol–water partition coefficient (Wildman–Crippen LogP) is 1.76. The highest BCUT2D eigenvalue weighted by molar-refractivity contribution is 7.89. The molecule has 2 aliphatic rings. The molecule has 1 aliphatic carbocycles. The van der Waals surface area contributed by atoms with Gasteiger partial charge < -0.3 is 9.84 Å². The van der Waals surface area contributed by atoms with E-state index in [1.807, 2.05) is 12.1 Å². The van der Waals surface area contributed by atoms with Gasteiger partial charge >= 0.3 is 5.97 Å². The molecule has 27 heavy (non-hydrogen) atoms. The van der Waals surface area contributed by atoms with Crippen molar-refractivity contribution in [1.82, 2.24) is 14.1 Å². The summed E-state index contributed by atoms with van der Waals surface area (Å²) in [6.07, 6.45) is 4.84. The topological polar surface area (TPSA) is 102 Å². The van der Waals surface area contributed by atoms with E-state index in [9.17, 15) is 18.3 Å². The fourth-order valence-corrected chi connectivity index (χ4v) is 5.80. The molecule has 9 heteroatoms. The number of nitrogens with zero attached hydrogens (tertiary/aromatic N) is 3. The minimum absolute atomic E-state index is 0.0230. The monoisotopic (exact) mass is 391 g/mol. The Balaban J connectivity index is 1.65. The Kier molecular flexibility index (Phi) is 4.23. The van der Waals surface area contributed by atoms with Crippen LogP contribution in [0.5, 0.6) is 5.75 Å². The first-order chi connectivity index (χ1) is 12.9. The second kappa shape index (κ2) is 6.35. The zero-order valence-electron chi connectivity index (χ0n) is 14.9. The van der Waals surface area contributed by atoms with E-state index < -0.39 is 21.4 Å². The van der Waals surface area contributed by atoms with E-state index in [1.165, 1.54) is 28.5 Å². The number of aliphatic carboxylic acids is 1. The summed E-state index contributed by atoms with van der Waals surface area (Å²) < 4.78 is 34.2. The number of carboxylic acids is 1. The summed E-state index contributed by atoms with van der Waals surface area (Å²) in [5, 5.41) is 13.9. The number of hydrogen-bond donors (Lipinski definition) is 1. The number of para-hydroxylation sites is 2. The van der Waals surface area contributed by atoms with Crippen LogP contribution in [-0.2, 0) is 14.8 Å². The lowest BCUT2D eigenvalue weighted by Crippen LogP contribution is -2.37. The molecular formula is C18H21N3O5S. The molecule has 8 nitrogen and oxygen atoms in total. The number of fused-ring (bicyclic) bond motifs is 1. The first-order valence-corrected chi connectivity index (χ1v) is 10.2. The lowest BCUT2D eigenvalue weighted by Gasteiger charge is -2.23. The Hall–Kier alpha value is -2.39. The quantitative estimate of drug-likeness (QED) is 0.833. The Labute approximate surface area is 157 Å². The molecule has 144 valence electrons. The fourth-order valence-electron chi connectivity index (χ4n) is 4.32. The summed E-state index contributed by atoms with van der Waals surface area (Å²) in [7, 11) is -2.28. The zero-order chi connectivity index (χ0) is 19.2. The molecule has 1 aromatic heterocycles. The summed E-state index contributed by atoms with van der Waals surface area (Å²) in [6.45, 7) is 0.268. The van der Waals surface area contributed by atoms with Crippen molar-refractivity contribution in [2.75, 3.05) is 20.2 Å². The van der Waals surface area contributed by atoms with E-state index in [1.54, 1.807) is 12.1 Å². The third-order valence-corrected chi connectivity index (χ3v) is 7.56. The molecule has 1 aromatic carbocycles. The number of carbonyl (C=O) groups is 1. The largest absolute Gasteiger partial charge is 0.494 e. The van der Waals surface area contributed by atoms with Gasteiger partial charge in [-0.05, 0) is 30.9 Å². The molecule has 0 spiro atoms. The molecule has 0 amide bonds. The van der Waals surface area contributed by atoms with Gasteiger partial charge in [0, 0.05) is 13.1 Å². The second-order valence-electron chi connectivity index (χ2n) is 7.14. The number of ether oxygens (including phenoxy) is 1. The van der Waals surface area contributed by atoms with Gasteiger partial charge in [-0.15, -0.1) is 0 Å². The molecule has 1 saturated heterocycles. The minimum Gasteiger partial charge on any atom is -0.494 e. The summed E-state index contributed by atoms with van der Waals surface area (Å²) in [4.78, 5) is 11.9. The van der Waals surface area contributed by atoms with Crippen LogP contribution in [0.2, 0.25) is 0 Å². The highest BCUT2D eigenvalue weighted by Crippen LogP contribution is 2.50. The fraction of sp³-hybridized carbons (Fsp3) is 0.444. The first-order valence-electron chi connectivity index (χ1n) is 8.80. The highest BCUT2D eigenvalue weighted by Gasteiger charge is 2.57. The lowest BCUT2D eigenvalue weighted by atomic mass is 9.81. The van der Waals surface area contributed by atoms with Crippen LogP contribution in [0.25, 0.3) is 5.69 Å². The Morgan fingerprint density at radius 1 is 1.37 bits per heavy atom. The third kappa shape index (κ3) is 2.72. The van der Waals surface area contributed by atoms with E-state index in [2.05, 4.69) is 5.10 Å². The van der Waals surface area contributed by atoms with E-state index in [0.717, 1.165) is 12.8 Å². The van der Waals surface area contributed by atoms with Gasteiger partial charge in [0.1, 0.15) is 16.3 Å². The smallest absolute Gasteiger partial charge is 0.311 e. The lowest BCUT2D eigenvalue weighted by molar-refractivity contribution is -0.149. The van der Waals surface area contributed by atoms with Gasteiger partial charge in [-0.1, -0.05) is 18.6 Å². The van der Waals surface area contributed by atoms with Crippen molar-refractivity contribution in [1.29, 1.82) is 0 Å². The molecule has 0 radical (unpaired) electrons. The van der Waals surface area contributed by atoms with Crippen molar-refractivity contribution >= 4 is 16.0 Å². The molecule has 2 aromatic rings. The minimum atomic E-state index is -3.81. The van der Waals surface area contributed by atoms with Crippen molar-refractivity contribution in [3.8, 4) is 11.4 Å². The van der Waals surface area contributed by atoms with Gasteiger partial charge in [0.15, 0.2) is 0 Å². The number of aromatic nitrogens is 2. The van der Waals surface area contributed by atoms with Crippen LogP contribution in [0.3, 0.4) is 0 Å². The van der Waals surface area contributed by atoms with Crippen molar-refractivity contribution < 1.29 is 23.1 Å². The maximum Gasteiger partial charge on any atom is 0.311 e. The Morgan fingerprint density at radius 3 is 2.85 bits per heavy atom. The van der Waals surface area contributed by atoms with Crippen LogP contribution < -0.4 is 4.74 Å².